The highest BCUT2D eigenvalue weighted by Crippen LogP contribution is 2.26. The molecule has 2 aromatic carbocycles. The summed E-state index contributed by atoms with van der Waals surface area (Å²) < 4.78 is 7.91. The Kier molecular flexibility index (Phi) is 4.53. The van der Waals surface area contributed by atoms with Crippen molar-refractivity contribution in [2.45, 2.75) is 26.0 Å². The van der Waals surface area contributed by atoms with Gasteiger partial charge in [-0.05, 0) is 36.1 Å². The van der Waals surface area contributed by atoms with Gasteiger partial charge < -0.3 is 14.6 Å². The number of hydrogen-bond acceptors (Lipinski definition) is 3. The Bertz CT molecular complexity index is 932. The van der Waals surface area contributed by atoms with Crippen molar-refractivity contribution in [3.8, 4) is 0 Å². The molecular weight excluding hydrogens is 312 g/mol. The molecule has 1 N–H and O–H groups in total. The molecule has 1 aromatic heterocycles. The molecule has 0 fully saturated rings. The van der Waals surface area contributed by atoms with E-state index >= 15 is 0 Å². The van der Waals surface area contributed by atoms with Gasteiger partial charge in [-0.25, -0.2) is 0 Å². The minimum Gasteiger partial charge on any atom is -0.383 e. The van der Waals surface area contributed by atoms with Crippen molar-refractivity contribution < 1.29 is 4.74 Å². The molecule has 0 unspecified atom stereocenters. The molecule has 0 saturated carbocycles. The molecule has 0 aliphatic carbocycles. The van der Waals surface area contributed by atoms with Gasteiger partial charge in [-0.15, -0.1) is 0 Å². The van der Waals surface area contributed by atoms with Gasteiger partial charge in [0.25, 0.3) is 0 Å². The van der Waals surface area contributed by atoms with E-state index in [1.807, 2.05) is 30.5 Å². The molecule has 0 amide bonds. The summed E-state index contributed by atoms with van der Waals surface area (Å²) in [5, 5.41) is 4.21. The van der Waals surface area contributed by atoms with Gasteiger partial charge in [-0.1, -0.05) is 30.3 Å². The SMILES string of the molecule is O=c1ccn2c3c(cc(NCCOCc4ccccc4)cc13)CCC2. The van der Waals surface area contributed by atoms with Crippen LogP contribution >= 0.6 is 0 Å². The van der Waals surface area contributed by atoms with Crippen LogP contribution in [-0.2, 0) is 24.3 Å². The summed E-state index contributed by atoms with van der Waals surface area (Å²) in [6.07, 6.45) is 4.06. The molecule has 25 heavy (non-hydrogen) atoms. The van der Waals surface area contributed by atoms with Crippen LogP contribution in [0.25, 0.3) is 10.9 Å². The van der Waals surface area contributed by atoms with Crippen LogP contribution in [0.1, 0.15) is 17.5 Å². The molecule has 1 aliphatic rings. The molecule has 4 nitrogen and oxygen atoms in total. The zero-order valence-corrected chi connectivity index (χ0v) is 14.2. The molecule has 0 radical (unpaired) electrons. The van der Waals surface area contributed by atoms with Crippen molar-refractivity contribution >= 4 is 16.6 Å². The van der Waals surface area contributed by atoms with E-state index in [4.69, 9.17) is 4.74 Å². The van der Waals surface area contributed by atoms with Gasteiger partial charge >= 0.3 is 0 Å². The van der Waals surface area contributed by atoms with Gasteiger partial charge in [0, 0.05) is 36.4 Å². The van der Waals surface area contributed by atoms with Crippen molar-refractivity contribution in [3.63, 3.8) is 0 Å². The van der Waals surface area contributed by atoms with Crippen LogP contribution in [0.2, 0.25) is 0 Å². The van der Waals surface area contributed by atoms with E-state index in [9.17, 15) is 4.79 Å². The Morgan fingerprint density at radius 3 is 2.88 bits per heavy atom. The first-order chi connectivity index (χ1) is 12.3. The highest BCUT2D eigenvalue weighted by atomic mass is 16.5. The maximum atomic E-state index is 12.2. The highest BCUT2D eigenvalue weighted by Gasteiger charge is 2.14. The summed E-state index contributed by atoms with van der Waals surface area (Å²) in [5.74, 6) is 0. The third-order valence-corrected chi connectivity index (χ3v) is 4.68. The average Bonchev–Trinajstić information content (AvgIpc) is 2.65. The first kappa shape index (κ1) is 15.9. The molecule has 2 heterocycles. The number of rotatable bonds is 6. The first-order valence-electron chi connectivity index (χ1n) is 8.83. The van der Waals surface area contributed by atoms with Crippen LogP contribution < -0.4 is 10.7 Å². The zero-order valence-electron chi connectivity index (χ0n) is 14.2. The molecule has 0 bridgehead atoms. The van der Waals surface area contributed by atoms with Crippen LogP contribution in [0.4, 0.5) is 5.69 Å². The number of ether oxygens (including phenoxy) is 1. The van der Waals surface area contributed by atoms with Crippen LogP contribution in [0, 0.1) is 0 Å². The van der Waals surface area contributed by atoms with Gasteiger partial charge in [0.1, 0.15) is 0 Å². The number of aryl methyl sites for hydroxylation is 2. The Morgan fingerprint density at radius 2 is 2.00 bits per heavy atom. The third-order valence-electron chi connectivity index (χ3n) is 4.68. The molecule has 0 saturated heterocycles. The Hall–Kier alpha value is -2.59. The molecule has 0 atom stereocenters. The van der Waals surface area contributed by atoms with E-state index in [0.29, 0.717) is 13.2 Å². The summed E-state index contributed by atoms with van der Waals surface area (Å²) in [4.78, 5) is 12.2. The maximum absolute atomic E-state index is 12.2. The van der Waals surface area contributed by atoms with Gasteiger partial charge in [-0.2, -0.15) is 0 Å². The molecule has 4 rings (SSSR count). The van der Waals surface area contributed by atoms with Crippen molar-refractivity contribution in [3.05, 3.63) is 76.1 Å². The fraction of sp³-hybridized carbons (Fsp3) is 0.286. The Balaban J connectivity index is 1.42. The minimum absolute atomic E-state index is 0.0957. The van der Waals surface area contributed by atoms with Crippen molar-refractivity contribution in [2.24, 2.45) is 0 Å². The fourth-order valence-electron chi connectivity index (χ4n) is 3.49. The van der Waals surface area contributed by atoms with E-state index in [2.05, 4.69) is 28.1 Å². The molecule has 0 spiro atoms. The number of nitrogens with one attached hydrogen (secondary N) is 1. The number of pyridine rings is 1. The second kappa shape index (κ2) is 7.11. The van der Waals surface area contributed by atoms with Crippen LogP contribution in [-0.4, -0.2) is 17.7 Å². The largest absolute Gasteiger partial charge is 0.383 e. The second-order valence-electron chi connectivity index (χ2n) is 6.47. The molecule has 1 aliphatic heterocycles. The number of aromatic nitrogens is 1. The van der Waals surface area contributed by atoms with Crippen LogP contribution in [0.5, 0.6) is 0 Å². The van der Waals surface area contributed by atoms with E-state index < -0.39 is 0 Å². The molecule has 3 aromatic rings. The van der Waals surface area contributed by atoms with Gasteiger partial charge in [0.15, 0.2) is 5.43 Å². The zero-order chi connectivity index (χ0) is 17.1. The minimum atomic E-state index is 0.0957. The summed E-state index contributed by atoms with van der Waals surface area (Å²) in [6, 6.07) is 16.0. The predicted octanol–water partition coefficient (Wildman–Crippen LogP) is 3.58. The topological polar surface area (TPSA) is 43.3 Å². The first-order valence-corrected chi connectivity index (χ1v) is 8.83. The van der Waals surface area contributed by atoms with Crippen molar-refractivity contribution in [2.75, 3.05) is 18.5 Å². The summed E-state index contributed by atoms with van der Waals surface area (Å²) in [5.41, 5.74) is 4.64. The van der Waals surface area contributed by atoms with Crippen molar-refractivity contribution in [1.82, 2.24) is 4.57 Å². The summed E-state index contributed by atoms with van der Waals surface area (Å²) in [6.45, 7) is 2.96. The summed E-state index contributed by atoms with van der Waals surface area (Å²) >= 11 is 0. The quantitative estimate of drug-likeness (QED) is 0.701. The van der Waals surface area contributed by atoms with Crippen LogP contribution in [0.15, 0.2) is 59.5 Å². The van der Waals surface area contributed by atoms with Gasteiger partial charge in [0.2, 0.25) is 0 Å². The number of anilines is 1. The maximum Gasteiger partial charge on any atom is 0.189 e. The fourth-order valence-corrected chi connectivity index (χ4v) is 3.49. The second-order valence-corrected chi connectivity index (χ2v) is 6.47. The third kappa shape index (κ3) is 3.44. The number of nitrogens with zero attached hydrogens (tertiary/aromatic N) is 1. The summed E-state index contributed by atoms with van der Waals surface area (Å²) in [7, 11) is 0. The Labute approximate surface area is 147 Å². The van der Waals surface area contributed by atoms with E-state index in [1.165, 1.54) is 11.1 Å². The predicted molar refractivity (Wildman–Crippen MR) is 101 cm³/mol. The lowest BCUT2D eigenvalue weighted by molar-refractivity contribution is 0.130. The smallest absolute Gasteiger partial charge is 0.189 e. The van der Waals surface area contributed by atoms with E-state index in [-0.39, 0.29) is 5.43 Å². The standard InChI is InChI=1S/C21H22N2O2/c24-20-8-11-23-10-4-7-17-13-18(14-19(20)21(17)23)22-9-12-25-15-16-5-2-1-3-6-16/h1-3,5-6,8,11,13-14,22H,4,7,9-10,12,15H2. The normalized spacial score (nSPS) is 13.1. The Morgan fingerprint density at radius 1 is 1.12 bits per heavy atom. The van der Waals surface area contributed by atoms with E-state index in [0.717, 1.165) is 42.5 Å². The average molecular weight is 334 g/mol. The van der Waals surface area contributed by atoms with Crippen molar-refractivity contribution in [1.29, 1.82) is 0 Å². The lowest BCUT2D eigenvalue weighted by Gasteiger charge is -2.21. The molecule has 128 valence electrons. The van der Waals surface area contributed by atoms with E-state index in [1.54, 1.807) is 6.07 Å². The van der Waals surface area contributed by atoms with Gasteiger partial charge in [-0.3, -0.25) is 4.79 Å². The lowest BCUT2D eigenvalue weighted by Crippen LogP contribution is -2.16. The van der Waals surface area contributed by atoms with Gasteiger partial charge in [0.05, 0.1) is 18.7 Å². The monoisotopic (exact) mass is 334 g/mol. The molecular formula is C21H22N2O2. The lowest BCUT2D eigenvalue weighted by atomic mass is 10.00. The van der Waals surface area contributed by atoms with Crippen LogP contribution in [0.3, 0.4) is 0 Å². The number of benzene rings is 2. The molecule has 4 heteroatoms. The number of hydrogen-bond donors (Lipinski definition) is 1. The highest BCUT2D eigenvalue weighted by molar-refractivity contribution is 5.86.